The van der Waals surface area contributed by atoms with E-state index in [9.17, 15) is 9.59 Å². The van der Waals surface area contributed by atoms with Crippen LogP contribution in [0.3, 0.4) is 0 Å². The largest absolute Gasteiger partial charge is 0.340 e. The zero-order valence-corrected chi connectivity index (χ0v) is 13.1. The quantitative estimate of drug-likeness (QED) is 0.774. The number of amides is 3. The third kappa shape index (κ3) is 5.20. The van der Waals surface area contributed by atoms with Crippen molar-refractivity contribution in [1.29, 1.82) is 0 Å². The molecule has 1 heterocycles. The average molecular weight is 325 g/mol. The van der Waals surface area contributed by atoms with Crippen LogP contribution < -0.4 is 16.4 Å². The van der Waals surface area contributed by atoms with Crippen LogP contribution in [0.25, 0.3) is 0 Å². The van der Waals surface area contributed by atoms with E-state index in [-0.39, 0.29) is 24.5 Å². The first-order valence-electron chi connectivity index (χ1n) is 7.34. The van der Waals surface area contributed by atoms with Crippen LogP contribution in [0.2, 0.25) is 5.02 Å². The molecule has 0 aliphatic carbocycles. The molecule has 22 heavy (non-hydrogen) atoms. The van der Waals surface area contributed by atoms with E-state index in [4.69, 9.17) is 17.3 Å². The summed E-state index contributed by atoms with van der Waals surface area (Å²) in [6, 6.07) is 6.87. The summed E-state index contributed by atoms with van der Waals surface area (Å²) in [6.45, 7) is 1.64. The zero-order chi connectivity index (χ0) is 15.9. The lowest BCUT2D eigenvalue weighted by Gasteiger charge is -2.30. The third-order valence-corrected chi connectivity index (χ3v) is 3.83. The van der Waals surface area contributed by atoms with Gasteiger partial charge in [-0.1, -0.05) is 23.7 Å². The number of nitrogens with two attached hydrogens (primary N) is 1. The normalized spacial score (nSPS) is 17.9. The number of halogens is 1. The number of carbonyl (C=O) groups is 2. The molecule has 6 nitrogen and oxygen atoms in total. The molecule has 0 spiro atoms. The van der Waals surface area contributed by atoms with E-state index in [2.05, 4.69) is 10.6 Å². The molecular weight excluding hydrogens is 304 g/mol. The molecule has 7 heteroatoms. The van der Waals surface area contributed by atoms with Crippen molar-refractivity contribution in [3.05, 3.63) is 34.9 Å². The minimum absolute atomic E-state index is 0.0147. The van der Waals surface area contributed by atoms with Crippen LogP contribution in [-0.2, 0) is 11.3 Å². The lowest BCUT2D eigenvalue weighted by Crippen LogP contribution is -2.49. The molecule has 0 saturated carbocycles. The monoisotopic (exact) mass is 324 g/mol. The SMILES string of the molecule is NC1CCCN(C(=O)CNC(=O)NCc2ccc(Cl)cc2)C1. The smallest absolute Gasteiger partial charge is 0.315 e. The van der Waals surface area contributed by atoms with Crippen LogP contribution in [0.5, 0.6) is 0 Å². The Hall–Kier alpha value is -1.79. The van der Waals surface area contributed by atoms with E-state index in [1.54, 1.807) is 17.0 Å². The molecule has 4 N–H and O–H groups in total. The van der Waals surface area contributed by atoms with Gasteiger partial charge in [0.15, 0.2) is 0 Å². The van der Waals surface area contributed by atoms with Crippen LogP contribution in [0.1, 0.15) is 18.4 Å². The fourth-order valence-corrected chi connectivity index (χ4v) is 2.48. The molecule has 1 fully saturated rings. The van der Waals surface area contributed by atoms with Gasteiger partial charge in [-0.2, -0.15) is 0 Å². The second kappa shape index (κ2) is 8.00. The molecule has 0 aromatic heterocycles. The van der Waals surface area contributed by atoms with Gasteiger partial charge in [-0.3, -0.25) is 4.79 Å². The van der Waals surface area contributed by atoms with Gasteiger partial charge >= 0.3 is 6.03 Å². The van der Waals surface area contributed by atoms with Gasteiger partial charge in [0.05, 0.1) is 6.54 Å². The Bertz CT molecular complexity index is 521. The molecule has 1 aliphatic rings. The summed E-state index contributed by atoms with van der Waals surface area (Å²) in [5.41, 5.74) is 6.78. The number of benzene rings is 1. The van der Waals surface area contributed by atoms with Crippen molar-refractivity contribution in [3.8, 4) is 0 Å². The lowest BCUT2D eigenvalue weighted by molar-refractivity contribution is -0.131. The zero-order valence-electron chi connectivity index (χ0n) is 12.3. The van der Waals surface area contributed by atoms with Crippen molar-refractivity contribution in [2.75, 3.05) is 19.6 Å². The summed E-state index contributed by atoms with van der Waals surface area (Å²) in [4.78, 5) is 25.4. The van der Waals surface area contributed by atoms with Gasteiger partial charge in [0, 0.05) is 30.7 Å². The van der Waals surface area contributed by atoms with Gasteiger partial charge in [-0.15, -0.1) is 0 Å². The summed E-state index contributed by atoms with van der Waals surface area (Å²) in [5.74, 6) is -0.100. The number of urea groups is 1. The molecule has 1 aliphatic heterocycles. The highest BCUT2D eigenvalue weighted by Crippen LogP contribution is 2.09. The fraction of sp³-hybridized carbons (Fsp3) is 0.467. The summed E-state index contributed by atoms with van der Waals surface area (Å²) < 4.78 is 0. The maximum Gasteiger partial charge on any atom is 0.315 e. The van der Waals surface area contributed by atoms with Crippen molar-refractivity contribution in [2.24, 2.45) is 5.73 Å². The molecule has 1 atom stereocenters. The molecule has 1 saturated heterocycles. The van der Waals surface area contributed by atoms with Crippen LogP contribution in [0.4, 0.5) is 4.79 Å². The van der Waals surface area contributed by atoms with Crippen molar-refractivity contribution < 1.29 is 9.59 Å². The second-order valence-corrected chi connectivity index (χ2v) is 5.84. The first-order chi connectivity index (χ1) is 10.5. The summed E-state index contributed by atoms with van der Waals surface area (Å²) >= 11 is 5.79. The summed E-state index contributed by atoms with van der Waals surface area (Å²) in [5, 5.41) is 5.92. The molecular formula is C15H21ClN4O2. The molecule has 2 rings (SSSR count). The van der Waals surface area contributed by atoms with Gasteiger partial charge in [0.1, 0.15) is 0 Å². The highest BCUT2D eigenvalue weighted by molar-refractivity contribution is 6.30. The number of nitrogens with zero attached hydrogens (tertiary/aromatic N) is 1. The number of likely N-dealkylation sites (tertiary alicyclic amines) is 1. The minimum atomic E-state index is -0.371. The Morgan fingerprint density at radius 3 is 2.68 bits per heavy atom. The maximum absolute atomic E-state index is 12.0. The number of hydrogen-bond donors (Lipinski definition) is 3. The predicted molar refractivity (Wildman–Crippen MR) is 85.5 cm³/mol. The Balaban J connectivity index is 1.68. The molecule has 0 radical (unpaired) electrons. The third-order valence-electron chi connectivity index (χ3n) is 3.58. The lowest BCUT2D eigenvalue weighted by atomic mass is 10.1. The number of nitrogens with one attached hydrogen (secondary N) is 2. The van der Waals surface area contributed by atoms with Gasteiger partial charge in [0.2, 0.25) is 5.91 Å². The molecule has 0 bridgehead atoms. The number of piperidine rings is 1. The van der Waals surface area contributed by atoms with Crippen molar-refractivity contribution >= 4 is 23.5 Å². The Kier molecular flexibility index (Phi) is 6.03. The van der Waals surface area contributed by atoms with Gasteiger partial charge < -0.3 is 21.3 Å². The van der Waals surface area contributed by atoms with Crippen LogP contribution >= 0.6 is 11.6 Å². The van der Waals surface area contributed by atoms with E-state index in [0.29, 0.717) is 24.7 Å². The number of rotatable bonds is 4. The Morgan fingerprint density at radius 1 is 1.27 bits per heavy atom. The predicted octanol–water partition coefficient (Wildman–Crippen LogP) is 1.09. The van der Waals surface area contributed by atoms with E-state index < -0.39 is 0 Å². The highest BCUT2D eigenvalue weighted by atomic mass is 35.5. The number of carbonyl (C=O) groups excluding carboxylic acids is 2. The highest BCUT2D eigenvalue weighted by Gasteiger charge is 2.21. The van der Waals surface area contributed by atoms with E-state index in [0.717, 1.165) is 18.4 Å². The first-order valence-corrected chi connectivity index (χ1v) is 7.72. The molecule has 1 aromatic carbocycles. The van der Waals surface area contributed by atoms with Crippen molar-refractivity contribution in [2.45, 2.75) is 25.4 Å². The van der Waals surface area contributed by atoms with Crippen molar-refractivity contribution in [3.63, 3.8) is 0 Å². The first kappa shape index (κ1) is 16.6. The Morgan fingerprint density at radius 2 is 2.00 bits per heavy atom. The van der Waals surface area contributed by atoms with E-state index in [1.807, 2.05) is 12.1 Å². The van der Waals surface area contributed by atoms with Gasteiger partial charge in [-0.05, 0) is 30.5 Å². The molecule has 3 amide bonds. The van der Waals surface area contributed by atoms with Gasteiger partial charge in [-0.25, -0.2) is 4.79 Å². The van der Waals surface area contributed by atoms with E-state index in [1.165, 1.54) is 0 Å². The Labute approximate surface area is 135 Å². The van der Waals surface area contributed by atoms with Crippen LogP contribution in [0.15, 0.2) is 24.3 Å². The molecule has 1 aromatic rings. The standard InChI is InChI=1S/C15H21ClN4O2/c16-12-5-3-11(4-6-12)8-18-15(22)19-9-14(21)20-7-1-2-13(17)10-20/h3-6,13H,1-2,7-10,17H2,(H2,18,19,22). The molecule has 1 unspecified atom stereocenters. The molecule has 120 valence electrons. The fourth-order valence-electron chi connectivity index (χ4n) is 2.35. The summed E-state index contributed by atoms with van der Waals surface area (Å²) in [7, 11) is 0. The topological polar surface area (TPSA) is 87.5 Å². The maximum atomic E-state index is 12.0. The second-order valence-electron chi connectivity index (χ2n) is 5.40. The van der Waals surface area contributed by atoms with Gasteiger partial charge in [0.25, 0.3) is 0 Å². The number of hydrogen-bond acceptors (Lipinski definition) is 3. The van der Waals surface area contributed by atoms with Crippen LogP contribution in [0, 0.1) is 0 Å². The minimum Gasteiger partial charge on any atom is -0.340 e. The van der Waals surface area contributed by atoms with Crippen LogP contribution in [-0.4, -0.2) is 42.5 Å². The van der Waals surface area contributed by atoms with E-state index >= 15 is 0 Å². The average Bonchev–Trinajstić information content (AvgIpc) is 2.52. The summed E-state index contributed by atoms with van der Waals surface area (Å²) in [6.07, 6.45) is 1.86. The van der Waals surface area contributed by atoms with Crippen molar-refractivity contribution in [1.82, 2.24) is 15.5 Å².